The van der Waals surface area contributed by atoms with Crippen molar-refractivity contribution in [2.45, 2.75) is 39.5 Å². The van der Waals surface area contributed by atoms with Crippen LogP contribution in [-0.4, -0.2) is 25.0 Å². The lowest BCUT2D eigenvalue weighted by atomic mass is 9.87. The van der Waals surface area contributed by atoms with Crippen LogP contribution < -0.4 is 15.0 Å². The standard InChI is InChI=1S/C22H26N2O3/c1-5-24-19-11-8-17(12-15(19)13-21(24)26)23-20(25)14-27-18-9-6-16(7-10-18)22(2,3)4/h6-12H,5,13-14H2,1-4H3,(H,23,25). The number of nitrogens with zero attached hydrogens (tertiary/aromatic N) is 1. The van der Waals surface area contributed by atoms with Crippen LogP contribution >= 0.6 is 0 Å². The van der Waals surface area contributed by atoms with Gasteiger partial charge in [-0.05, 0) is 53.8 Å². The van der Waals surface area contributed by atoms with Crippen LogP contribution in [0.4, 0.5) is 11.4 Å². The summed E-state index contributed by atoms with van der Waals surface area (Å²) < 4.78 is 5.58. The third-order valence-electron chi connectivity index (χ3n) is 4.70. The summed E-state index contributed by atoms with van der Waals surface area (Å²) in [5, 5.41) is 2.83. The Labute approximate surface area is 160 Å². The number of fused-ring (bicyclic) bond motifs is 1. The van der Waals surface area contributed by atoms with Gasteiger partial charge in [0.05, 0.1) is 6.42 Å². The van der Waals surface area contributed by atoms with Gasteiger partial charge in [-0.25, -0.2) is 0 Å². The Hall–Kier alpha value is -2.82. The van der Waals surface area contributed by atoms with Crippen molar-refractivity contribution in [3.05, 3.63) is 53.6 Å². The topological polar surface area (TPSA) is 58.6 Å². The monoisotopic (exact) mass is 366 g/mol. The maximum Gasteiger partial charge on any atom is 0.262 e. The van der Waals surface area contributed by atoms with Gasteiger partial charge >= 0.3 is 0 Å². The Kier molecular flexibility index (Phi) is 5.22. The van der Waals surface area contributed by atoms with E-state index in [1.54, 1.807) is 4.90 Å². The van der Waals surface area contributed by atoms with Gasteiger partial charge in [0, 0.05) is 17.9 Å². The maximum atomic E-state index is 12.2. The summed E-state index contributed by atoms with van der Waals surface area (Å²) in [6, 6.07) is 13.4. The molecule has 0 unspecified atom stereocenters. The summed E-state index contributed by atoms with van der Waals surface area (Å²) in [6.45, 7) is 9.00. The van der Waals surface area contributed by atoms with Crippen molar-refractivity contribution in [2.75, 3.05) is 23.4 Å². The first-order chi connectivity index (χ1) is 12.8. The predicted molar refractivity (Wildman–Crippen MR) is 107 cm³/mol. The molecule has 2 amide bonds. The molecule has 2 aromatic rings. The molecule has 0 bridgehead atoms. The molecule has 0 spiro atoms. The molecular formula is C22H26N2O3. The van der Waals surface area contributed by atoms with E-state index >= 15 is 0 Å². The highest BCUT2D eigenvalue weighted by Gasteiger charge is 2.26. The minimum atomic E-state index is -0.230. The van der Waals surface area contributed by atoms with E-state index in [9.17, 15) is 9.59 Å². The minimum Gasteiger partial charge on any atom is -0.484 e. The highest BCUT2D eigenvalue weighted by molar-refractivity contribution is 6.02. The number of hydrogen-bond donors (Lipinski definition) is 1. The average molecular weight is 366 g/mol. The van der Waals surface area contributed by atoms with E-state index in [2.05, 4.69) is 26.1 Å². The largest absolute Gasteiger partial charge is 0.484 e. The van der Waals surface area contributed by atoms with Gasteiger partial charge in [-0.1, -0.05) is 32.9 Å². The molecule has 0 saturated carbocycles. The molecule has 0 fully saturated rings. The van der Waals surface area contributed by atoms with Crippen LogP contribution in [0.5, 0.6) is 5.75 Å². The number of likely N-dealkylation sites (N-methyl/N-ethyl adjacent to an activating group) is 1. The van der Waals surface area contributed by atoms with Crippen molar-refractivity contribution in [2.24, 2.45) is 0 Å². The normalized spacial score (nSPS) is 13.5. The van der Waals surface area contributed by atoms with Crippen LogP contribution in [0.3, 0.4) is 0 Å². The number of benzene rings is 2. The molecule has 5 nitrogen and oxygen atoms in total. The zero-order valence-corrected chi connectivity index (χ0v) is 16.3. The van der Waals surface area contributed by atoms with Crippen molar-refractivity contribution in [1.82, 2.24) is 0 Å². The number of carbonyl (C=O) groups is 2. The van der Waals surface area contributed by atoms with Crippen LogP contribution in [0.1, 0.15) is 38.8 Å². The fraction of sp³-hybridized carbons (Fsp3) is 0.364. The predicted octanol–water partition coefficient (Wildman–Crippen LogP) is 3.91. The number of carbonyl (C=O) groups excluding carboxylic acids is 2. The molecule has 3 rings (SSSR count). The van der Waals surface area contributed by atoms with Gasteiger partial charge in [-0.15, -0.1) is 0 Å². The third kappa shape index (κ3) is 4.30. The van der Waals surface area contributed by atoms with E-state index in [1.165, 1.54) is 5.56 Å². The van der Waals surface area contributed by atoms with Crippen molar-refractivity contribution in [3.8, 4) is 5.75 Å². The number of nitrogens with one attached hydrogen (secondary N) is 1. The summed E-state index contributed by atoms with van der Waals surface area (Å²) in [5.41, 5.74) is 3.84. The van der Waals surface area contributed by atoms with Gasteiger partial charge in [0.15, 0.2) is 6.61 Å². The van der Waals surface area contributed by atoms with Crippen LogP contribution in [0, 0.1) is 0 Å². The summed E-state index contributed by atoms with van der Waals surface area (Å²) >= 11 is 0. The molecule has 2 aromatic carbocycles. The molecule has 1 heterocycles. The van der Waals surface area contributed by atoms with Crippen LogP contribution in [0.15, 0.2) is 42.5 Å². The number of rotatable bonds is 5. The molecule has 0 atom stereocenters. The Morgan fingerprint density at radius 1 is 1.15 bits per heavy atom. The quantitative estimate of drug-likeness (QED) is 0.873. The first-order valence-corrected chi connectivity index (χ1v) is 9.24. The Morgan fingerprint density at radius 3 is 2.48 bits per heavy atom. The minimum absolute atomic E-state index is 0.0635. The highest BCUT2D eigenvalue weighted by atomic mass is 16.5. The first-order valence-electron chi connectivity index (χ1n) is 9.24. The SMILES string of the molecule is CCN1C(=O)Cc2cc(NC(=O)COc3ccc(C(C)(C)C)cc3)ccc21. The van der Waals surface area contributed by atoms with E-state index in [1.807, 2.05) is 49.4 Å². The van der Waals surface area contributed by atoms with Crippen molar-refractivity contribution >= 4 is 23.2 Å². The molecule has 142 valence electrons. The van der Waals surface area contributed by atoms with Gasteiger partial charge in [0.1, 0.15) is 5.75 Å². The third-order valence-corrected chi connectivity index (χ3v) is 4.70. The van der Waals surface area contributed by atoms with Crippen LogP contribution in [-0.2, 0) is 21.4 Å². The summed E-state index contributed by atoms with van der Waals surface area (Å²) in [6.07, 6.45) is 0.378. The molecular weight excluding hydrogens is 340 g/mol. The van der Waals surface area contributed by atoms with Crippen LogP contribution in [0.2, 0.25) is 0 Å². The molecule has 1 N–H and O–H groups in total. The second kappa shape index (κ2) is 7.43. The number of hydrogen-bond acceptors (Lipinski definition) is 3. The summed E-state index contributed by atoms with van der Waals surface area (Å²) in [7, 11) is 0. The maximum absolute atomic E-state index is 12.2. The Balaban J connectivity index is 1.57. The zero-order chi connectivity index (χ0) is 19.6. The van der Waals surface area contributed by atoms with Crippen molar-refractivity contribution in [1.29, 1.82) is 0 Å². The molecule has 0 saturated heterocycles. The van der Waals surface area contributed by atoms with Crippen LogP contribution in [0.25, 0.3) is 0 Å². The first kappa shape index (κ1) is 19.0. The van der Waals surface area contributed by atoms with Gasteiger partial charge in [0.2, 0.25) is 5.91 Å². The highest BCUT2D eigenvalue weighted by Crippen LogP contribution is 2.31. The molecule has 1 aliphatic rings. The van der Waals surface area contributed by atoms with Crippen molar-refractivity contribution in [3.63, 3.8) is 0 Å². The Morgan fingerprint density at radius 2 is 1.85 bits per heavy atom. The fourth-order valence-electron chi connectivity index (χ4n) is 3.20. The number of ether oxygens (including phenoxy) is 1. The van der Waals surface area contributed by atoms with E-state index in [0.29, 0.717) is 24.4 Å². The van der Waals surface area contributed by atoms with E-state index in [-0.39, 0.29) is 23.8 Å². The second-order valence-corrected chi connectivity index (χ2v) is 7.77. The lowest BCUT2D eigenvalue weighted by Crippen LogP contribution is -2.25. The van der Waals surface area contributed by atoms with E-state index < -0.39 is 0 Å². The van der Waals surface area contributed by atoms with E-state index in [0.717, 1.165) is 11.3 Å². The van der Waals surface area contributed by atoms with Gasteiger partial charge in [-0.3, -0.25) is 9.59 Å². The smallest absolute Gasteiger partial charge is 0.262 e. The lowest BCUT2D eigenvalue weighted by molar-refractivity contribution is -0.118. The fourth-order valence-corrected chi connectivity index (χ4v) is 3.20. The molecule has 27 heavy (non-hydrogen) atoms. The molecule has 0 aromatic heterocycles. The molecule has 0 aliphatic carbocycles. The van der Waals surface area contributed by atoms with Crippen molar-refractivity contribution < 1.29 is 14.3 Å². The second-order valence-electron chi connectivity index (χ2n) is 7.77. The zero-order valence-electron chi connectivity index (χ0n) is 16.3. The Bertz CT molecular complexity index is 851. The number of anilines is 2. The van der Waals surface area contributed by atoms with Gasteiger partial charge in [0.25, 0.3) is 5.91 Å². The average Bonchev–Trinajstić information content (AvgIpc) is 2.93. The van der Waals surface area contributed by atoms with Gasteiger partial charge in [-0.2, -0.15) is 0 Å². The molecule has 5 heteroatoms. The van der Waals surface area contributed by atoms with Gasteiger partial charge < -0.3 is 15.0 Å². The summed E-state index contributed by atoms with van der Waals surface area (Å²) in [5.74, 6) is 0.529. The van der Waals surface area contributed by atoms with E-state index in [4.69, 9.17) is 4.74 Å². The lowest BCUT2D eigenvalue weighted by Gasteiger charge is -2.19. The molecule has 0 radical (unpaired) electrons. The molecule has 1 aliphatic heterocycles. The summed E-state index contributed by atoms with van der Waals surface area (Å²) in [4.78, 5) is 25.9. The number of amides is 2.